The van der Waals surface area contributed by atoms with E-state index in [0.717, 1.165) is 26.1 Å². The van der Waals surface area contributed by atoms with Crippen LogP contribution in [0, 0.1) is 11.3 Å². The van der Waals surface area contributed by atoms with Gasteiger partial charge in [0.05, 0.1) is 6.54 Å². The fourth-order valence-corrected chi connectivity index (χ4v) is 2.00. The number of amides is 1. The van der Waals surface area contributed by atoms with Crippen LogP contribution in [0.25, 0.3) is 0 Å². The summed E-state index contributed by atoms with van der Waals surface area (Å²) in [5.74, 6) is 0.645. The van der Waals surface area contributed by atoms with E-state index >= 15 is 0 Å². The number of rotatable bonds is 5. The number of nitrogens with two attached hydrogens (primary N) is 1. The van der Waals surface area contributed by atoms with Gasteiger partial charge in [-0.1, -0.05) is 20.8 Å². The van der Waals surface area contributed by atoms with E-state index in [1.54, 1.807) is 0 Å². The monoisotopic (exact) mass is 227 g/mol. The predicted octanol–water partition coefficient (Wildman–Crippen LogP) is 0.429. The number of carbonyl (C=O) groups is 1. The van der Waals surface area contributed by atoms with Gasteiger partial charge in [0.2, 0.25) is 5.91 Å². The Kier molecular flexibility index (Phi) is 4.74. The van der Waals surface area contributed by atoms with Crippen molar-refractivity contribution >= 4 is 5.91 Å². The first-order valence-corrected chi connectivity index (χ1v) is 6.14. The van der Waals surface area contributed by atoms with Crippen molar-refractivity contribution in [2.45, 2.75) is 27.2 Å². The van der Waals surface area contributed by atoms with Crippen LogP contribution in [-0.2, 0) is 4.79 Å². The van der Waals surface area contributed by atoms with Crippen molar-refractivity contribution in [1.29, 1.82) is 0 Å². The largest absolute Gasteiger partial charge is 0.355 e. The second-order valence-electron chi connectivity index (χ2n) is 5.67. The Morgan fingerprint density at radius 2 is 2.25 bits per heavy atom. The van der Waals surface area contributed by atoms with E-state index in [1.807, 2.05) is 0 Å². The van der Waals surface area contributed by atoms with Gasteiger partial charge < -0.3 is 11.1 Å². The summed E-state index contributed by atoms with van der Waals surface area (Å²) in [7, 11) is 0. The molecule has 1 fully saturated rings. The Morgan fingerprint density at radius 3 is 2.75 bits per heavy atom. The third-order valence-electron chi connectivity index (χ3n) is 3.20. The van der Waals surface area contributed by atoms with Crippen molar-refractivity contribution in [3.8, 4) is 0 Å². The highest BCUT2D eigenvalue weighted by atomic mass is 16.2. The summed E-state index contributed by atoms with van der Waals surface area (Å²) in [5, 5.41) is 2.94. The van der Waals surface area contributed by atoms with E-state index in [9.17, 15) is 4.79 Å². The smallest absolute Gasteiger partial charge is 0.234 e. The number of nitrogens with one attached hydrogen (secondary N) is 1. The summed E-state index contributed by atoms with van der Waals surface area (Å²) in [5.41, 5.74) is 5.94. The maximum absolute atomic E-state index is 11.6. The molecule has 1 rings (SSSR count). The summed E-state index contributed by atoms with van der Waals surface area (Å²) in [6, 6.07) is 0. The number of nitrogens with zero attached hydrogens (tertiary/aromatic N) is 1. The summed E-state index contributed by atoms with van der Waals surface area (Å²) in [4.78, 5) is 13.8. The molecule has 4 heteroatoms. The van der Waals surface area contributed by atoms with Gasteiger partial charge in [-0.25, -0.2) is 0 Å². The summed E-state index contributed by atoms with van der Waals surface area (Å²) < 4.78 is 0. The number of hydrogen-bond acceptors (Lipinski definition) is 3. The van der Waals surface area contributed by atoms with E-state index in [0.29, 0.717) is 19.0 Å². The van der Waals surface area contributed by atoms with Gasteiger partial charge in [-0.2, -0.15) is 0 Å². The molecule has 3 N–H and O–H groups in total. The highest BCUT2D eigenvalue weighted by Crippen LogP contribution is 2.27. The lowest BCUT2D eigenvalue weighted by Crippen LogP contribution is -2.39. The molecule has 0 aromatic carbocycles. The maximum atomic E-state index is 11.6. The zero-order chi connectivity index (χ0) is 12.2. The van der Waals surface area contributed by atoms with Gasteiger partial charge in [0.25, 0.3) is 0 Å². The van der Waals surface area contributed by atoms with Crippen LogP contribution in [0.15, 0.2) is 0 Å². The van der Waals surface area contributed by atoms with E-state index in [2.05, 4.69) is 31.0 Å². The Hall–Kier alpha value is -0.610. The molecule has 4 nitrogen and oxygen atoms in total. The third-order valence-corrected chi connectivity index (χ3v) is 3.20. The molecule has 1 aliphatic heterocycles. The molecule has 1 amide bonds. The van der Waals surface area contributed by atoms with Gasteiger partial charge in [-0.15, -0.1) is 0 Å². The van der Waals surface area contributed by atoms with Crippen LogP contribution < -0.4 is 11.1 Å². The van der Waals surface area contributed by atoms with Crippen molar-refractivity contribution < 1.29 is 4.79 Å². The summed E-state index contributed by atoms with van der Waals surface area (Å²) in [6.45, 7) is 10.3. The van der Waals surface area contributed by atoms with Crippen molar-refractivity contribution in [3.05, 3.63) is 0 Å². The van der Waals surface area contributed by atoms with E-state index in [-0.39, 0.29) is 11.3 Å². The van der Waals surface area contributed by atoms with Crippen molar-refractivity contribution in [2.75, 3.05) is 32.7 Å². The van der Waals surface area contributed by atoms with E-state index in [4.69, 9.17) is 5.73 Å². The lowest BCUT2D eigenvalue weighted by atomic mass is 9.90. The average Bonchev–Trinajstić information content (AvgIpc) is 2.58. The highest BCUT2D eigenvalue weighted by Gasteiger charge is 2.32. The molecule has 1 saturated heterocycles. The van der Waals surface area contributed by atoms with Gasteiger partial charge >= 0.3 is 0 Å². The minimum Gasteiger partial charge on any atom is -0.355 e. The number of carbonyl (C=O) groups excluding carboxylic acids is 1. The first kappa shape index (κ1) is 13.5. The Balaban J connectivity index is 2.26. The average molecular weight is 227 g/mol. The second-order valence-corrected chi connectivity index (χ2v) is 5.67. The van der Waals surface area contributed by atoms with Crippen molar-refractivity contribution in [3.63, 3.8) is 0 Å². The van der Waals surface area contributed by atoms with Crippen LogP contribution >= 0.6 is 0 Å². The first-order valence-electron chi connectivity index (χ1n) is 6.14. The molecule has 0 aromatic heterocycles. The topological polar surface area (TPSA) is 58.4 Å². The van der Waals surface area contributed by atoms with Crippen LogP contribution in [-0.4, -0.2) is 43.5 Å². The Morgan fingerprint density at radius 1 is 1.56 bits per heavy atom. The molecule has 0 bridgehead atoms. The van der Waals surface area contributed by atoms with Crippen LogP contribution in [0.4, 0.5) is 0 Å². The van der Waals surface area contributed by atoms with E-state index < -0.39 is 0 Å². The van der Waals surface area contributed by atoms with Gasteiger partial charge in [-0.3, -0.25) is 9.69 Å². The van der Waals surface area contributed by atoms with Crippen LogP contribution in [0.5, 0.6) is 0 Å². The molecule has 0 radical (unpaired) electrons. The molecule has 1 heterocycles. The zero-order valence-electron chi connectivity index (χ0n) is 10.8. The zero-order valence-corrected chi connectivity index (χ0v) is 10.8. The predicted molar refractivity (Wildman–Crippen MR) is 66.1 cm³/mol. The van der Waals surface area contributed by atoms with Gasteiger partial charge in [-0.05, 0) is 30.8 Å². The minimum absolute atomic E-state index is 0.134. The molecule has 1 aliphatic rings. The van der Waals surface area contributed by atoms with Gasteiger partial charge in [0.15, 0.2) is 0 Å². The molecular formula is C12H25N3O. The molecule has 0 saturated carbocycles. The van der Waals surface area contributed by atoms with Crippen LogP contribution in [0.1, 0.15) is 27.2 Å². The van der Waals surface area contributed by atoms with Crippen LogP contribution in [0.3, 0.4) is 0 Å². The standard InChI is InChI=1S/C12H25N3O/c1-10(2)6-14-11(16)7-15-5-4-12(3,8-13)9-15/h10H,4-9,13H2,1-3H3,(H,14,16). The second kappa shape index (κ2) is 5.64. The summed E-state index contributed by atoms with van der Waals surface area (Å²) in [6.07, 6.45) is 1.10. The quantitative estimate of drug-likeness (QED) is 0.716. The lowest BCUT2D eigenvalue weighted by Gasteiger charge is -2.22. The highest BCUT2D eigenvalue weighted by molar-refractivity contribution is 5.78. The van der Waals surface area contributed by atoms with Gasteiger partial charge in [0, 0.05) is 13.1 Å². The van der Waals surface area contributed by atoms with E-state index in [1.165, 1.54) is 0 Å². The third kappa shape index (κ3) is 4.10. The molecule has 0 spiro atoms. The minimum atomic E-state index is 0.134. The van der Waals surface area contributed by atoms with Crippen molar-refractivity contribution in [1.82, 2.24) is 10.2 Å². The lowest BCUT2D eigenvalue weighted by molar-refractivity contribution is -0.122. The molecule has 0 aromatic rings. The molecule has 1 unspecified atom stereocenters. The molecule has 1 atom stereocenters. The van der Waals surface area contributed by atoms with Crippen LogP contribution in [0.2, 0.25) is 0 Å². The molecule has 94 valence electrons. The number of likely N-dealkylation sites (tertiary alicyclic amines) is 1. The fraction of sp³-hybridized carbons (Fsp3) is 0.917. The first-order chi connectivity index (χ1) is 7.45. The SMILES string of the molecule is CC(C)CNC(=O)CN1CCC(C)(CN)C1. The maximum Gasteiger partial charge on any atom is 0.234 e. The molecule has 16 heavy (non-hydrogen) atoms. The normalized spacial score (nSPS) is 26.3. The molecule has 0 aliphatic carbocycles. The Bertz CT molecular complexity index is 242. The van der Waals surface area contributed by atoms with Gasteiger partial charge in [0.1, 0.15) is 0 Å². The summed E-state index contributed by atoms with van der Waals surface area (Å²) >= 11 is 0. The number of hydrogen-bond donors (Lipinski definition) is 2. The Labute approximate surface area is 98.6 Å². The van der Waals surface area contributed by atoms with Crippen molar-refractivity contribution in [2.24, 2.45) is 17.1 Å². The fourth-order valence-electron chi connectivity index (χ4n) is 2.00. The molecular weight excluding hydrogens is 202 g/mol.